The number of carbonyl (C=O) groups excluding carboxylic acids is 1. The third-order valence-corrected chi connectivity index (χ3v) is 4.21. The van der Waals surface area contributed by atoms with Crippen LogP contribution in [0.3, 0.4) is 0 Å². The molecule has 1 unspecified atom stereocenters. The molecule has 1 aliphatic rings. The number of benzene rings is 1. The molecule has 1 fully saturated rings. The first kappa shape index (κ1) is 18.0. The molecule has 0 spiro atoms. The topological polar surface area (TPSA) is 32.3 Å². The van der Waals surface area contributed by atoms with E-state index in [4.69, 9.17) is 0 Å². The number of hydrogen-bond donors (Lipinski definition) is 1. The van der Waals surface area contributed by atoms with Crippen molar-refractivity contribution in [3.63, 3.8) is 0 Å². The van der Waals surface area contributed by atoms with Crippen molar-refractivity contribution >= 4 is 18.3 Å². The average molecular weight is 311 g/mol. The van der Waals surface area contributed by atoms with Gasteiger partial charge in [0, 0.05) is 13.1 Å². The van der Waals surface area contributed by atoms with Crippen LogP contribution < -0.4 is 5.32 Å². The highest BCUT2D eigenvalue weighted by molar-refractivity contribution is 5.85. The molecule has 2 rings (SSSR count). The van der Waals surface area contributed by atoms with Crippen molar-refractivity contribution in [3.05, 3.63) is 34.9 Å². The lowest BCUT2D eigenvalue weighted by molar-refractivity contribution is -0.132. The summed E-state index contributed by atoms with van der Waals surface area (Å²) in [6.45, 7) is 7.00. The SMILES string of the molecule is CNCC1CCCN(C(=O)Cc2cc(C)ccc2C)C1.Cl. The first-order valence-electron chi connectivity index (χ1n) is 7.58. The van der Waals surface area contributed by atoms with Gasteiger partial charge in [0.25, 0.3) is 0 Å². The highest BCUT2D eigenvalue weighted by Crippen LogP contribution is 2.18. The van der Waals surface area contributed by atoms with E-state index < -0.39 is 0 Å². The molecule has 0 saturated carbocycles. The highest BCUT2D eigenvalue weighted by Gasteiger charge is 2.23. The molecule has 1 amide bonds. The smallest absolute Gasteiger partial charge is 0.227 e. The van der Waals surface area contributed by atoms with Gasteiger partial charge in [0.1, 0.15) is 0 Å². The number of carbonyl (C=O) groups is 1. The zero-order valence-corrected chi connectivity index (χ0v) is 14.1. The van der Waals surface area contributed by atoms with Crippen molar-refractivity contribution in [1.82, 2.24) is 10.2 Å². The Kier molecular flexibility index (Phi) is 7.20. The van der Waals surface area contributed by atoms with E-state index >= 15 is 0 Å². The van der Waals surface area contributed by atoms with E-state index in [1.165, 1.54) is 23.1 Å². The van der Waals surface area contributed by atoms with Crippen LogP contribution in [0.5, 0.6) is 0 Å². The minimum atomic E-state index is 0. The fourth-order valence-corrected chi connectivity index (χ4v) is 3.01. The molecule has 0 radical (unpaired) electrons. The van der Waals surface area contributed by atoms with Gasteiger partial charge in [0.05, 0.1) is 6.42 Å². The molecule has 0 bridgehead atoms. The van der Waals surface area contributed by atoms with Crippen molar-refractivity contribution < 1.29 is 4.79 Å². The molecule has 1 aromatic carbocycles. The number of hydrogen-bond acceptors (Lipinski definition) is 2. The lowest BCUT2D eigenvalue weighted by Crippen LogP contribution is -2.43. The Balaban J connectivity index is 0.00000220. The Labute approximate surface area is 134 Å². The van der Waals surface area contributed by atoms with Gasteiger partial charge in [0.15, 0.2) is 0 Å². The van der Waals surface area contributed by atoms with Gasteiger partial charge in [0.2, 0.25) is 5.91 Å². The van der Waals surface area contributed by atoms with Crippen molar-refractivity contribution in [3.8, 4) is 0 Å². The quantitative estimate of drug-likeness (QED) is 0.927. The summed E-state index contributed by atoms with van der Waals surface area (Å²) >= 11 is 0. The summed E-state index contributed by atoms with van der Waals surface area (Å²) in [5.41, 5.74) is 3.61. The molecule has 1 saturated heterocycles. The molecule has 4 heteroatoms. The molecule has 0 aromatic heterocycles. The van der Waals surface area contributed by atoms with E-state index in [1.807, 2.05) is 11.9 Å². The Morgan fingerprint density at radius 2 is 2.14 bits per heavy atom. The van der Waals surface area contributed by atoms with Gasteiger partial charge in [-0.1, -0.05) is 23.8 Å². The number of rotatable bonds is 4. The Hall–Kier alpha value is -1.06. The maximum absolute atomic E-state index is 12.5. The van der Waals surface area contributed by atoms with E-state index in [-0.39, 0.29) is 18.3 Å². The predicted octanol–water partition coefficient (Wildman–Crippen LogP) is 2.73. The van der Waals surface area contributed by atoms with Crippen LogP contribution in [-0.4, -0.2) is 37.5 Å². The molecule has 0 aliphatic carbocycles. The van der Waals surface area contributed by atoms with Crippen LogP contribution in [0, 0.1) is 19.8 Å². The lowest BCUT2D eigenvalue weighted by atomic mass is 9.96. The number of piperidine rings is 1. The van der Waals surface area contributed by atoms with Gasteiger partial charge in [-0.15, -0.1) is 12.4 Å². The van der Waals surface area contributed by atoms with Crippen LogP contribution in [0.25, 0.3) is 0 Å². The van der Waals surface area contributed by atoms with E-state index in [0.29, 0.717) is 12.3 Å². The van der Waals surface area contributed by atoms with Crippen LogP contribution in [-0.2, 0) is 11.2 Å². The van der Waals surface area contributed by atoms with Crippen molar-refractivity contribution in [2.45, 2.75) is 33.1 Å². The zero-order valence-electron chi connectivity index (χ0n) is 13.3. The zero-order chi connectivity index (χ0) is 14.5. The minimum absolute atomic E-state index is 0. The normalized spacial score (nSPS) is 18.2. The van der Waals surface area contributed by atoms with E-state index in [9.17, 15) is 4.79 Å². The summed E-state index contributed by atoms with van der Waals surface area (Å²) in [6.07, 6.45) is 2.90. The Morgan fingerprint density at radius 3 is 2.86 bits per heavy atom. The van der Waals surface area contributed by atoms with E-state index in [2.05, 4.69) is 37.4 Å². The van der Waals surface area contributed by atoms with Gasteiger partial charge >= 0.3 is 0 Å². The molecule has 1 aromatic rings. The highest BCUT2D eigenvalue weighted by atomic mass is 35.5. The maximum Gasteiger partial charge on any atom is 0.227 e. The summed E-state index contributed by atoms with van der Waals surface area (Å²) in [7, 11) is 1.98. The largest absolute Gasteiger partial charge is 0.342 e. The first-order chi connectivity index (χ1) is 9.60. The van der Waals surface area contributed by atoms with Gasteiger partial charge < -0.3 is 10.2 Å². The average Bonchev–Trinajstić information content (AvgIpc) is 2.43. The van der Waals surface area contributed by atoms with Gasteiger partial charge in [-0.05, 0) is 57.3 Å². The summed E-state index contributed by atoms with van der Waals surface area (Å²) in [6, 6.07) is 6.35. The number of likely N-dealkylation sites (tertiary alicyclic amines) is 1. The summed E-state index contributed by atoms with van der Waals surface area (Å²) in [5, 5.41) is 3.23. The standard InChI is InChI=1S/C17H26N2O.ClH/c1-13-6-7-14(2)16(9-13)10-17(20)19-8-4-5-15(12-19)11-18-3;/h6-7,9,15,18H,4-5,8,10-12H2,1-3H3;1H. The third-order valence-electron chi connectivity index (χ3n) is 4.21. The lowest BCUT2D eigenvalue weighted by Gasteiger charge is -2.33. The molecule has 21 heavy (non-hydrogen) atoms. The third kappa shape index (κ3) is 5.01. The number of amides is 1. The summed E-state index contributed by atoms with van der Waals surface area (Å²) in [5.74, 6) is 0.885. The van der Waals surface area contributed by atoms with Crippen LogP contribution in [0.4, 0.5) is 0 Å². The molecule has 1 N–H and O–H groups in total. The second-order valence-corrected chi connectivity index (χ2v) is 6.01. The van der Waals surface area contributed by atoms with Crippen LogP contribution in [0.15, 0.2) is 18.2 Å². The second-order valence-electron chi connectivity index (χ2n) is 6.01. The van der Waals surface area contributed by atoms with Gasteiger partial charge in [-0.2, -0.15) is 0 Å². The van der Waals surface area contributed by atoms with Crippen LogP contribution >= 0.6 is 12.4 Å². The van der Waals surface area contributed by atoms with E-state index in [0.717, 1.165) is 26.1 Å². The first-order valence-corrected chi connectivity index (χ1v) is 7.58. The Bertz CT molecular complexity index is 474. The van der Waals surface area contributed by atoms with Crippen molar-refractivity contribution in [2.75, 3.05) is 26.7 Å². The van der Waals surface area contributed by atoms with Gasteiger partial charge in [-0.3, -0.25) is 4.79 Å². The van der Waals surface area contributed by atoms with E-state index in [1.54, 1.807) is 0 Å². The van der Waals surface area contributed by atoms with Crippen molar-refractivity contribution in [2.24, 2.45) is 5.92 Å². The molecule has 1 atom stereocenters. The molecule has 3 nitrogen and oxygen atoms in total. The van der Waals surface area contributed by atoms with Crippen LogP contribution in [0.1, 0.15) is 29.5 Å². The fraction of sp³-hybridized carbons (Fsp3) is 0.588. The molecular formula is C17H27ClN2O. The summed E-state index contributed by atoms with van der Waals surface area (Å²) < 4.78 is 0. The summed E-state index contributed by atoms with van der Waals surface area (Å²) in [4.78, 5) is 14.5. The number of nitrogens with one attached hydrogen (secondary N) is 1. The molecule has 118 valence electrons. The monoisotopic (exact) mass is 310 g/mol. The Morgan fingerprint density at radius 1 is 1.38 bits per heavy atom. The maximum atomic E-state index is 12.5. The second kappa shape index (κ2) is 8.40. The number of halogens is 1. The molecule has 1 aliphatic heterocycles. The van der Waals surface area contributed by atoms with Crippen LogP contribution in [0.2, 0.25) is 0 Å². The fourth-order valence-electron chi connectivity index (χ4n) is 3.01. The molecule has 1 heterocycles. The number of nitrogens with zero attached hydrogens (tertiary/aromatic N) is 1. The number of aryl methyl sites for hydroxylation is 2. The predicted molar refractivity (Wildman–Crippen MR) is 90.1 cm³/mol. The van der Waals surface area contributed by atoms with Gasteiger partial charge in [-0.25, -0.2) is 0 Å². The van der Waals surface area contributed by atoms with Crippen molar-refractivity contribution in [1.29, 1.82) is 0 Å². The molecular weight excluding hydrogens is 284 g/mol. The minimum Gasteiger partial charge on any atom is -0.342 e.